The summed E-state index contributed by atoms with van der Waals surface area (Å²) in [7, 11) is 0.0496. The minimum atomic E-state index is 0.0496. The Morgan fingerprint density at radius 1 is 0.533 bits per heavy atom. The van der Waals surface area contributed by atoms with Crippen molar-refractivity contribution < 1.29 is 0 Å². The zero-order chi connectivity index (χ0) is 11.4. The Hall–Kier alpha value is 0.217. The second-order valence-electron chi connectivity index (χ2n) is 4.77. The molecule has 0 saturated heterocycles. The average Bonchev–Trinajstić information content (AvgIpc) is 2.27. The first kappa shape index (κ1) is 15.2. The predicted octanol–water partition coefficient (Wildman–Crippen LogP) is 5.66. The molecule has 1 radical (unpaired) electrons. The second kappa shape index (κ2) is 12.3. The highest BCUT2D eigenvalue weighted by Gasteiger charge is 2.09. The molecule has 0 amide bonds. The van der Waals surface area contributed by atoms with Crippen molar-refractivity contribution in [3.63, 3.8) is 0 Å². The van der Waals surface area contributed by atoms with Crippen LogP contribution in [-0.4, -0.2) is 8.80 Å². The van der Waals surface area contributed by atoms with Crippen LogP contribution in [0.3, 0.4) is 0 Å². The molecule has 0 spiro atoms. The van der Waals surface area contributed by atoms with E-state index < -0.39 is 0 Å². The first-order chi connectivity index (χ1) is 7.35. The SMILES string of the molecule is CCCCCC[Si](CCCC)CCCC. The van der Waals surface area contributed by atoms with E-state index in [0.717, 1.165) is 0 Å². The molecule has 0 bridgehead atoms. The molecule has 0 nitrogen and oxygen atoms in total. The lowest BCUT2D eigenvalue weighted by molar-refractivity contribution is 0.694. The summed E-state index contributed by atoms with van der Waals surface area (Å²) in [6, 6.07) is 4.78. The maximum Gasteiger partial charge on any atom is 0.0479 e. The Balaban J connectivity index is 3.49. The zero-order valence-electron chi connectivity index (χ0n) is 11.3. The molecule has 15 heavy (non-hydrogen) atoms. The zero-order valence-corrected chi connectivity index (χ0v) is 12.3. The van der Waals surface area contributed by atoms with E-state index in [9.17, 15) is 0 Å². The van der Waals surface area contributed by atoms with Gasteiger partial charge >= 0.3 is 0 Å². The van der Waals surface area contributed by atoms with E-state index in [-0.39, 0.29) is 8.80 Å². The van der Waals surface area contributed by atoms with E-state index >= 15 is 0 Å². The lowest BCUT2D eigenvalue weighted by Crippen LogP contribution is -2.11. The van der Waals surface area contributed by atoms with Crippen LogP contribution in [0.4, 0.5) is 0 Å². The Bertz CT molecular complexity index is 104. The molecule has 1 heteroatoms. The van der Waals surface area contributed by atoms with Gasteiger partial charge in [0.2, 0.25) is 0 Å². The highest BCUT2D eigenvalue weighted by atomic mass is 28.3. The van der Waals surface area contributed by atoms with Crippen molar-refractivity contribution in [2.24, 2.45) is 0 Å². The summed E-state index contributed by atoms with van der Waals surface area (Å²) in [5.74, 6) is 0. The molecule has 0 aromatic rings. The van der Waals surface area contributed by atoms with Gasteiger partial charge in [0.1, 0.15) is 0 Å². The molecule has 0 aromatic heterocycles. The van der Waals surface area contributed by atoms with E-state index in [1.165, 1.54) is 51.4 Å². The highest BCUT2D eigenvalue weighted by molar-refractivity contribution is 6.58. The Kier molecular flexibility index (Phi) is 12.5. The van der Waals surface area contributed by atoms with Crippen LogP contribution in [0.25, 0.3) is 0 Å². The van der Waals surface area contributed by atoms with Gasteiger partial charge in [0.15, 0.2) is 0 Å². The lowest BCUT2D eigenvalue weighted by atomic mass is 10.2. The summed E-state index contributed by atoms with van der Waals surface area (Å²) in [6.07, 6.45) is 11.6. The van der Waals surface area contributed by atoms with Gasteiger partial charge in [-0.15, -0.1) is 0 Å². The minimum absolute atomic E-state index is 0.0496. The fourth-order valence-electron chi connectivity index (χ4n) is 2.03. The molecule has 0 aromatic carbocycles. The standard InChI is InChI=1S/C14H31Si/c1-4-7-10-11-14-15(12-8-5-2)13-9-6-3/h4-14H2,1-3H3. The van der Waals surface area contributed by atoms with E-state index in [0.29, 0.717) is 0 Å². The van der Waals surface area contributed by atoms with Crippen LogP contribution in [0.1, 0.15) is 72.1 Å². The minimum Gasteiger partial charge on any atom is -0.0654 e. The van der Waals surface area contributed by atoms with Gasteiger partial charge in [-0.2, -0.15) is 0 Å². The molecule has 0 saturated carbocycles. The van der Waals surface area contributed by atoms with Gasteiger partial charge < -0.3 is 0 Å². The average molecular weight is 227 g/mol. The molecule has 0 aliphatic carbocycles. The molecule has 0 fully saturated rings. The van der Waals surface area contributed by atoms with Gasteiger partial charge in [-0.05, 0) is 0 Å². The monoisotopic (exact) mass is 227 g/mol. The van der Waals surface area contributed by atoms with Gasteiger partial charge in [-0.3, -0.25) is 0 Å². The molecular formula is C14H31Si. The summed E-state index contributed by atoms with van der Waals surface area (Å²) in [4.78, 5) is 0. The predicted molar refractivity (Wildman–Crippen MR) is 74.1 cm³/mol. The maximum atomic E-state index is 2.33. The number of rotatable bonds is 11. The van der Waals surface area contributed by atoms with Gasteiger partial charge in [-0.1, -0.05) is 90.3 Å². The van der Waals surface area contributed by atoms with Crippen molar-refractivity contribution in [3.05, 3.63) is 0 Å². The van der Waals surface area contributed by atoms with Gasteiger partial charge in [0.25, 0.3) is 0 Å². The van der Waals surface area contributed by atoms with Crippen LogP contribution in [0.2, 0.25) is 18.1 Å². The fraction of sp³-hybridized carbons (Fsp3) is 1.00. The maximum absolute atomic E-state index is 2.33. The lowest BCUT2D eigenvalue weighted by Gasteiger charge is -2.13. The number of hydrogen-bond donors (Lipinski definition) is 0. The molecule has 0 rings (SSSR count). The molecule has 0 N–H and O–H groups in total. The summed E-state index contributed by atoms with van der Waals surface area (Å²) < 4.78 is 0. The first-order valence-electron chi connectivity index (χ1n) is 7.18. The number of unbranched alkanes of at least 4 members (excludes halogenated alkanes) is 5. The van der Waals surface area contributed by atoms with Crippen molar-refractivity contribution in [1.82, 2.24) is 0 Å². The first-order valence-corrected chi connectivity index (χ1v) is 9.30. The van der Waals surface area contributed by atoms with Crippen LogP contribution in [0.5, 0.6) is 0 Å². The smallest absolute Gasteiger partial charge is 0.0479 e. The molecule has 0 atom stereocenters. The van der Waals surface area contributed by atoms with Crippen LogP contribution >= 0.6 is 0 Å². The van der Waals surface area contributed by atoms with E-state index in [1.54, 1.807) is 18.1 Å². The summed E-state index contributed by atoms with van der Waals surface area (Å²) >= 11 is 0. The van der Waals surface area contributed by atoms with E-state index in [2.05, 4.69) is 20.8 Å². The largest absolute Gasteiger partial charge is 0.0654 e. The van der Waals surface area contributed by atoms with Crippen LogP contribution < -0.4 is 0 Å². The molecule has 91 valence electrons. The molecule has 0 unspecified atom stereocenters. The quantitative estimate of drug-likeness (QED) is 0.315. The third kappa shape index (κ3) is 10.5. The second-order valence-corrected chi connectivity index (χ2v) is 7.77. The van der Waals surface area contributed by atoms with Gasteiger partial charge in [0, 0.05) is 8.80 Å². The Labute approximate surface area is 99.5 Å². The summed E-state index contributed by atoms with van der Waals surface area (Å²) in [6.45, 7) is 6.97. The third-order valence-electron chi connectivity index (χ3n) is 3.15. The van der Waals surface area contributed by atoms with E-state index in [1.807, 2.05) is 0 Å². The van der Waals surface area contributed by atoms with Crippen LogP contribution in [0, 0.1) is 0 Å². The third-order valence-corrected chi connectivity index (χ3v) is 6.33. The van der Waals surface area contributed by atoms with Crippen molar-refractivity contribution in [3.8, 4) is 0 Å². The molecule has 0 aliphatic heterocycles. The van der Waals surface area contributed by atoms with Crippen LogP contribution in [-0.2, 0) is 0 Å². The van der Waals surface area contributed by atoms with E-state index in [4.69, 9.17) is 0 Å². The van der Waals surface area contributed by atoms with Crippen molar-refractivity contribution >= 4 is 8.80 Å². The van der Waals surface area contributed by atoms with Crippen molar-refractivity contribution in [1.29, 1.82) is 0 Å². The molecular weight excluding hydrogens is 196 g/mol. The Morgan fingerprint density at radius 3 is 1.47 bits per heavy atom. The van der Waals surface area contributed by atoms with Crippen LogP contribution in [0.15, 0.2) is 0 Å². The van der Waals surface area contributed by atoms with Gasteiger partial charge in [0.05, 0.1) is 0 Å². The molecule has 0 heterocycles. The topological polar surface area (TPSA) is 0 Å². The summed E-state index contributed by atoms with van der Waals surface area (Å²) in [5, 5.41) is 0. The summed E-state index contributed by atoms with van der Waals surface area (Å²) in [5.41, 5.74) is 0. The molecule has 0 aliphatic rings. The Morgan fingerprint density at radius 2 is 1.00 bits per heavy atom. The fourth-order valence-corrected chi connectivity index (χ4v) is 5.24. The highest BCUT2D eigenvalue weighted by Crippen LogP contribution is 2.17. The van der Waals surface area contributed by atoms with Crippen molar-refractivity contribution in [2.75, 3.05) is 0 Å². The number of hydrogen-bond acceptors (Lipinski definition) is 0. The van der Waals surface area contributed by atoms with Crippen molar-refractivity contribution in [2.45, 2.75) is 90.3 Å². The van der Waals surface area contributed by atoms with Gasteiger partial charge in [-0.25, -0.2) is 0 Å². The normalized spacial score (nSPS) is 11.2.